The molecule has 2 aliphatic rings. The summed E-state index contributed by atoms with van der Waals surface area (Å²) in [4.78, 5) is 24.4. The Morgan fingerprint density at radius 2 is 1.91 bits per heavy atom. The lowest BCUT2D eigenvalue weighted by Crippen LogP contribution is -2.44. The van der Waals surface area contributed by atoms with Crippen molar-refractivity contribution in [2.24, 2.45) is 0 Å². The van der Waals surface area contributed by atoms with Gasteiger partial charge in [0, 0.05) is 42.3 Å². The van der Waals surface area contributed by atoms with Crippen molar-refractivity contribution >= 4 is 39.2 Å². The number of benzene rings is 1. The van der Waals surface area contributed by atoms with Gasteiger partial charge in [0.25, 0.3) is 0 Å². The van der Waals surface area contributed by atoms with E-state index in [0.717, 1.165) is 57.3 Å². The molecule has 5 rings (SSSR count). The number of amides is 1. The van der Waals surface area contributed by atoms with Crippen LogP contribution in [0.5, 0.6) is 5.75 Å². The zero-order chi connectivity index (χ0) is 24.0. The number of hydrogen-bond donors (Lipinski definition) is 0. The van der Waals surface area contributed by atoms with E-state index in [9.17, 15) is 4.79 Å². The van der Waals surface area contributed by atoms with Crippen LogP contribution in [0.4, 0.5) is 4.79 Å². The van der Waals surface area contributed by atoms with Crippen molar-refractivity contribution in [3.63, 3.8) is 0 Å². The van der Waals surface area contributed by atoms with E-state index < -0.39 is 5.60 Å². The monoisotopic (exact) mass is 499 g/mol. The molecule has 2 unspecified atom stereocenters. The lowest BCUT2D eigenvalue weighted by molar-refractivity contribution is 0.0126. The highest BCUT2D eigenvalue weighted by molar-refractivity contribution is 7.16. The van der Waals surface area contributed by atoms with Gasteiger partial charge in [-0.25, -0.2) is 14.8 Å². The summed E-state index contributed by atoms with van der Waals surface area (Å²) in [6, 6.07) is 8.16. The van der Waals surface area contributed by atoms with Crippen LogP contribution in [0.25, 0.3) is 10.2 Å². The lowest BCUT2D eigenvalue weighted by atomic mass is 10.1. The van der Waals surface area contributed by atoms with Gasteiger partial charge in [0.1, 0.15) is 28.1 Å². The number of fused-ring (bicyclic) bond motifs is 1. The molecule has 1 saturated carbocycles. The number of nitrogens with zero attached hydrogens (tertiary/aromatic N) is 3. The van der Waals surface area contributed by atoms with Crippen LogP contribution >= 0.6 is 22.9 Å². The number of piperidine rings is 1. The quantitative estimate of drug-likeness (QED) is 0.399. The van der Waals surface area contributed by atoms with Crippen molar-refractivity contribution in [1.82, 2.24) is 14.9 Å². The normalized spacial score (nSPS) is 21.0. The molecule has 1 aliphatic carbocycles. The Labute approximate surface area is 209 Å². The van der Waals surface area contributed by atoms with Gasteiger partial charge in [-0.15, -0.1) is 11.3 Å². The molecule has 1 amide bonds. The Balaban J connectivity index is 1.20. The number of carbonyl (C=O) groups is 1. The molecule has 3 heterocycles. The second-order valence-electron chi connectivity index (χ2n) is 10.2. The number of thiophene rings is 1. The van der Waals surface area contributed by atoms with Gasteiger partial charge >= 0.3 is 6.09 Å². The molecule has 0 N–H and O–H groups in total. The van der Waals surface area contributed by atoms with Crippen LogP contribution in [0.1, 0.15) is 69.0 Å². The molecule has 180 valence electrons. The van der Waals surface area contributed by atoms with Gasteiger partial charge in [0.05, 0.1) is 5.69 Å². The van der Waals surface area contributed by atoms with Gasteiger partial charge in [-0.3, -0.25) is 0 Å². The number of likely N-dealkylation sites (tertiary alicyclic amines) is 1. The number of aromatic nitrogens is 2. The Morgan fingerprint density at radius 3 is 2.62 bits per heavy atom. The highest BCUT2D eigenvalue weighted by atomic mass is 35.5. The zero-order valence-corrected chi connectivity index (χ0v) is 21.6. The maximum Gasteiger partial charge on any atom is 0.410 e. The fraction of sp³-hybridized carbons (Fsp3) is 0.500. The number of aryl methyl sites for hydroxylation is 1. The smallest absolute Gasteiger partial charge is 0.410 e. The van der Waals surface area contributed by atoms with Crippen molar-refractivity contribution in [2.45, 2.75) is 70.5 Å². The summed E-state index contributed by atoms with van der Waals surface area (Å²) in [5.74, 6) is 2.35. The van der Waals surface area contributed by atoms with E-state index in [1.807, 2.05) is 39.8 Å². The van der Waals surface area contributed by atoms with Crippen molar-refractivity contribution in [3.05, 3.63) is 51.7 Å². The molecule has 6 nitrogen and oxygen atoms in total. The predicted octanol–water partition coefficient (Wildman–Crippen LogP) is 6.70. The predicted molar refractivity (Wildman–Crippen MR) is 135 cm³/mol. The molecular weight excluding hydrogens is 470 g/mol. The average molecular weight is 500 g/mol. The Morgan fingerprint density at radius 1 is 1.15 bits per heavy atom. The number of halogens is 1. The maximum atomic E-state index is 12.3. The Bertz CT molecular complexity index is 1210. The van der Waals surface area contributed by atoms with Crippen molar-refractivity contribution < 1.29 is 14.3 Å². The van der Waals surface area contributed by atoms with Crippen LogP contribution in [0, 0.1) is 6.92 Å². The van der Waals surface area contributed by atoms with E-state index in [0.29, 0.717) is 24.9 Å². The first-order chi connectivity index (χ1) is 16.2. The van der Waals surface area contributed by atoms with Crippen molar-refractivity contribution in [3.8, 4) is 5.75 Å². The van der Waals surface area contributed by atoms with E-state index in [1.165, 1.54) is 0 Å². The molecule has 3 aromatic rings. The first-order valence-electron chi connectivity index (χ1n) is 11.8. The fourth-order valence-electron chi connectivity index (χ4n) is 4.67. The summed E-state index contributed by atoms with van der Waals surface area (Å²) in [6.07, 6.45) is 2.39. The summed E-state index contributed by atoms with van der Waals surface area (Å²) >= 11 is 8.37. The summed E-state index contributed by atoms with van der Waals surface area (Å²) in [5.41, 5.74) is 1.81. The Kier molecular flexibility index (Phi) is 6.19. The molecule has 1 aromatic carbocycles. The van der Waals surface area contributed by atoms with Crippen molar-refractivity contribution in [1.29, 1.82) is 0 Å². The summed E-state index contributed by atoms with van der Waals surface area (Å²) in [5, 5.41) is 3.98. The summed E-state index contributed by atoms with van der Waals surface area (Å²) < 4.78 is 11.7. The molecule has 0 radical (unpaired) electrons. The third-order valence-electron chi connectivity index (χ3n) is 6.38. The molecule has 2 aromatic heterocycles. The first-order valence-corrected chi connectivity index (χ1v) is 13.1. The van der Waals surface area contributed by atoms with Gasteiger partial charge < -0.3 is 14.4 Å². The Hall–Kier alpha value is -2.38. The molecule has 1 saturated heterocycles. The summed E-state index contributed by atoms with van der Waals surface area (Å²) in [7, 11) is 0. The molecule has 1 aliphatic heterocycles. The van der Waals surface area contributed by atoms with Crippen LogP contribution in [0.2, 0.25) is 5.02 Å². The molecular formula is C26H30ClN3O3S. The molecule has 0 bridgehead atoms. The SMILES string of the molecule is Cc1nc(C2CC2c2ccc(OC3CCN(C(=O)OC(C)(C)C)CC3)cc2Cl)c2ccsc2n1. The van der Waals surface area contributed by atoms with Crippen molar-refractivity contribution in [2.75, 3.05) is 13.1 Å². The third-order valence-corrected chi connectivity index (χ3v) is 7.51. The van der Waals surface area contributed by atoms with Crippen LogP contribution < -0.4 is 4.74 Å². The van der Waals surface area contributed by atoms with Gasteiger partial charge in [0.15, 0.2) is 0 Å². The van der Waals surface area contributed by atoms with E-state index in [1.54, 1.807) is 16.2 Å². The summed E-state index contributed by atoms with van der Waals surface area (Å²) in [6.45, 7) is 8.87. The highest BCUT2D eigenvalue weighted by Crippen LogP contribution is 2.57. The topological polar surface area (TPSA) is 64.5 Å². The molecule has 0 spiro atoms. The minimum Gasteiger partial charge on any atom is -0.490 e. The zero-order valence-electron chi connectivity index (χ0n) is 20.0. The van der Waals surface area contributed by atoms with Crippen LogP contribution in [0.15, 0.2) is 29.6 Å². The maximum absolute atomic E-state index is 12.3. The van der Waals surface area contributed by atoms with Gasteiger partial charge in [-0.2, -0.15) is 0 Å². The fourth-order valence-corrected chi connectivity index (χ4v) is 5.80. The first kappa shape index (κ1) is 23.4. The number of carbonyl (C=O) groups excluding carboxylic acids is 1. The minimum atomic E-state index is -0.481. The lowest BCUT2D eigenvalue weighted by Gasteiger charge is -2.33. The largest absolute Gasteiger partial charge is 0.490 e. The van der Waals surface area contributed by atoms with Gasteiger partial charge in [-0.1, -0.05) is 17.7 Å². The van der Waals surface area contributed by atoms with E-state index in [-0.39, 0.29) is 12.2 Å². The highest BCUT2D eigenvalue weighted by Gasteiger charge is 2.43. The van der Waals surface area contributed by atoms with E-state index in [4.69, 9.17) is 26.1 Å². The van der Waals surface area contributed by atoms with Crippen LogP contribution in [0.3, 0.4) is 0 Å². The second kappa shape index (κ2) is 9.00. The number of rotatable bonds is 4. The van der Waals surface area contributed by atoms with Crippen LogP contribution in [-0.4, -0.2) is 45.8 Å². The van der Waals surface area contributed by atoms with Gasteiger partial charge in [-0.05, 0) is 69.2 Å². The van der Waals surface area contributed by atoms with Gasteiger partial charge in [0.2, 0.25) is 0 Å². The van der Waals surface area contributed by atoms with E-state index in [2.05, 4.69) is 22.5 Å². The molecule has 2 fully saturated rings. The number of ether oxygens (including phenoxy) is 2. The minimum absolute atomic E-state index is 0.0603. The standard InChI is InChI=1S/C26H30ClN3O3S/c1-15-28-23(19-9-12-34-24(19)29-15)21-14-20(21)18-6-5-17(13-22(18)27)32-16-7-10-30(11-8-16)25(31)33-26(2,3)4/h5-6,9,12-13,16,20-21H,7-8,10-11,14H2,1-4H3. The second-order valence-corrected chi connectivity index (χ2v) is 11.5. The molecule has 34 heavy (non-hydrogen) atoms. The van der Waals surface area contributed by atoms with E-state index >= 15 is 0 Å². The molecule has 8 heteroatoms. The van der Waals surface area contributed by atoms with Crippen LogP contribution in [-0.2, 0) is 4.74 Å². The molecule has 2 atom stereocenters. The number of hydrogen-bond acceptors (Lipinski definition) is 6. The average Bonchev–Trinajstić information content (AvgIpc) is 3.40. The third kappa shape index (κ3) is 5.01.